The van der Waals surface area contributed by atoms with Crippen molar-refractivity contribution in [2.24, 2.45) is 0 Å². The Morgan fingerprint density at radius 3 is 2.54 bits per heavy atom. The minimum Gasteiger partial charge on any atom is -0.494 e. The van der Waals surface area contributed by atoms with Crippen LogP contribution in [0.1, 0.15) is 31.4 Å². The normalized spacial score (nSPS) is 17.8. The number of benzene rings is 3. The second kappa shape index (κ2) is 10.5. The summed E-state index contributed by atoms with van der Waals surface area (Å²) < 4.78 is 6.16. The van der Waals surface area contributed by atoms with Crippen LogP contribution in [0.15, 0.2) is 77.3 Å². The van der Waals surface area contributed by atoms with Gasteiger partial charge in [-0.25, -0.2) is 4.79 Å². The van der Waals surface area contributed by atoms with E-state index in [1.807, 2.05) is 44.2 Å². The Bertz CT molecular complexity index is 1200. The van der Waals surface area contributed by atoms with Crippen LogP contribution < -0.4 is 20.3 Å². The SMILES string of the molecule is CCOc1ccc(N2C(=O)Nc3ccc(Br)cc3[C@]2(O)C(=O)N[C@H](C)CCc2ccccc2)cc1. The molecule has 0 aromatic heterocycles. The number of aliphatic hydroxyl groups is 1. The van der Waals surface area contributed by atoms with E-state index in [0.717, 1.165) is 16.9 Å². The van der Waals surface area contributed by atoms with Crippen molar-refractivity contribution in [1.29, 1.82) is 0 Å². The van der Waals surface area contributed by atoms with Gasteiger partial charge in [-0.1, -0.05) is 46.3 Å². The van der Waals surface area contributed by atoms with Gasteiger partial charge in [-0.3, -0.25) is 9.69 Å². The smallest absolute Gasteiger partial charge is 0.329 e. The maximum Gasteiger partial charge on any atom is 0.329 e. The second-order valence-corrected chi connectivity index (χ2v) is 9.37. The summed E-state index contributed by atoms with van der Waals surface area (Å²) in [5.74, 6) is -0.0551. The highest BCUT2D eigenvalue weighted by Gasteiger charge is 2.52. The molecule has 3 aromatic rings. The van der Waals surface area contributed by atoms with E-state index in [4.69, 9.17) is 4.74 Å². The van der Waals surface area contributed by atoms with Gasteiger partial charge in [-0.2, -0.15) is 0 Å². The summed E-state index contributed by atoms with van der Waals surface area (Å²) in [6, 6.07) is 20.9. The second-order valence-electron chi connectivity index (χ2n) is 8.45. The Kier molecular flexibility index (Phi) is 7.42. The van der Waals surface area contributed by atoms with Crippen LogP contribution in [-0.2, 0) is 16.9 Å². The van der Waals surface area contributed by atoms with Gasteiger partial charge < -0.3 is 20.5 Å². The maximum atomic E-state index is 13.7. The average Bonchev–Trinajstić information content (AvgIpc) is 2.85. The number of fused-ring (bicyclic) bond motifs is 1. The average molecular weight is 538 g/mol. The van der Waals surface area contributed by atoms with Crippen molar-refractivity contribution in [3.05, 3.63) is 88.4 Å². The molecule has 7 nitrogen and oxygen atoms in total. The number of aryl methyl sites for hydroxylation is 1. The molecule has 0 fully saturated rings. The number of urea groups is 1. The monoisotopic (exact) mass is 537 g/mol. The highest BCUT2D eigenvalue weighted by atomic mass is 79.9. The van der Waals surface area contributed by atoms with Crippen molar-refractivity contribution >= 4 is 39.2 Å². The summed E-state index contributed by atoms with van der Waals surface area (Å²) >= 11 is 3.42. The molecule has 0 bridgehead atoms. The standard InChI is InChI=1S/C27H28BrN3O4/c1-3-35-22-14-12-21(13-15-22)31-26(33)30-24-16-11-20(28)17-23(24)27(31,34)25(32)29-18(2)9-10-19-7-5-4-6-8-19/h4-8,11-18,34H,3,9-10H2,1-2H3,(H,29,32)(H,30,33)/t18-,27+/m1/s1. The first-order chi connectivity index (χ1) is 16.8. The van der Waals surface area contributed by atoms with Gasteiger partial charge in [0.05, 0.1) is 12.3 Å². The van der Waals surface area contributed by atoms with Crippen molar-refractivity contribution in [3.63, 3.8) is 0 Å². The lowest BCUT2D eigenvalue weighted by Gasteiger charge is -2.43. The lowest BCUT2D eigenvalue weighted by atomic mass is 9.94. The summed E-state index contributed by atoms with van der Waals surface area (Å²) in [5.41, 5.74) is -0.112. The molecule has 4 rings (SSSR count). The van der Waals surface area contributed by atoms with Crippen LogP contribution in [0.2, 0.25) is 0 Å². The maximum absolute atomic E-state index is 13.7. The number of anilines is 2. The van der Waals surface area contributed by atoms with Gasteiger partial charge in [0.15, 0.2) is 0 Å². The first kappa shape index (κ1) is 24.8. The quantitative estimate of drug-likeness (QED) is 0.369. The number of hydrogen-bond acceptors (Lipinski definition) is 4. The Morgan fingerprint density at radius 2 is 1.86 bits per heavy atom. The molecule has 3 N–H and O–H groups in total. The molecule has 1 aliphatic rings. The predicted molar refractivity (Wildman–Crippen MR) is 140 cm³/mol. The zero-order valence-corrected chi connectivity index (χ0v) is 21.2. The van der Waals surface area contributed by atoms with Gasteiger partial charge in [0.1, 0.15) is 5.75 Å². The molecule has 0 aliphatic carbocycles. The Labute approximate surface area is 213 Å². The first-order valence-corrected chi connectivity index (χ1v) is 12.3. The number of ether oxygens (including phenoxy) is 1. The fourth-order valence-corrected chi connectivity index (χ4v) is 4.52. The van der Waals surface area contributed by atoms with Gasteiger partial charge >= 0.3 is 6.03 Å². The zero-order chi connectivity index (χ0) is 25.0. The molecule has 3 amide bonds. The summed E-state index contributed by atoms with van der Waals surface area (Å²) in [6.07, 6.45) is 1.44. The molecule has 1 heterocycles. The molecule has 0 saturated heterocycles. The molecule has 35 heavy (non-hydrogen) atoms. The third-order valence-corrected chi connectivity index (χ3v) is 6.43. The lowest BCUT2D eigenvalue weighted by Crippen LogP contribution is -2.63. The number of halogens is 1. The molecule has 8 heteroatoms. The fourth-order valence-electron chi connectivity index (χ4n) is 4.16. The van der Waals surface area contributed by atoms with E-state index in [0.29, 0.717) is 34.6 Å². The lowest BCUT2D eigenvalue weighted by molar-refractivity contribution is -0.141. The van der Waals surface area contributed by atoms with Gasteiger partial charge in [0.2, 0.25) is 0 Å². The number of nitrogens with zero attached hydrogens (tertiary/aromatic N) is 1. The van der Waals surface area contributed by atoms with Crippen LogP contribution in [0, 0.1) is 0 Å². The van der Waals surface area contributed by atoms with Crippen LogP contribution in [-0.4, -0.2) is 29.7 Å². The number of carbonyl (C=O) groups is 2. The minimum absolute atomic E-state index is 0.241. The largest absolute Gasteiger partial charge is 0.494 e. The van der Waals surface area contributed by atoms with Crippen LogP contribution in [0.5, 0.6) is 5.75 Å². The van der Waals surface area contributed by atoms with Crippen molar-refractivity contribution < 1.29 is 19.4 Å². The first-order valence-electron chi connectivity index (χ1n) is 11.5. The van der Waals surface area contributed by atoms with E-state index in [9.17, 15) is 14.7 Å². The summed E-state index contributed by atoms with van der Waals surface area (Å²) in [5, 5.41) is 17.7. The van der Waals surface area contributed by atoms with E-state index in [-0.39, 0.29) is 11.6 Å². The molecule has 0 radical (unpaired) electrons. The molecule has 1 aliphatic heterocycles. The van der Waals surface area contributed by atoms with E-state index in [1.54, 1.807) is 42.5 Å². The molecule has 2 atom stereocenters. The van der Waals surface area contributed by atoms with Crippen molar-refractivity contribution in [2.75, 3.05) is 16.8 Å². The Morgan fingerprint density at radius 1 is 1.14 bits per heavy atom. The molecule has 0 saturated carbocycles. The number of amides is 3. The highest BCUT2D eigenvalue weighted by molar-refractivity contribution is 9.10. The number of carbonyl (C=O) groups excluding carboxylic acids is 2. The number of nitrogens with one attached hydrogen (secondary N) is 2. The van der Waals surface area contributed by atoms with E-state index < -0.39 is 17.7 Å². The minimum atomic E-state index is -2.27. The van der Waals surface area contributed by atoms with Gasteiger partial charge in [-0.15, -0.1) is 0 Å². The Balaban J connectivity index is 1.66. The number of rotatable bonds is 8. The van der Waals surface area contributed by atoms with Crippen molar-refractivity contribution in [2.45, 2.75) is 38.5 Å². The molecular weight excluding hydrogens is 510 g/mol. The van der Waals surface area contributed by atoms with Gasteiger partial charge in [-0.05, 0) is 74.7 Å². The fraction of sp³-hybridized carbons (Fsp3) is 0.259. The molecular formula is C27H28BrN3O4. The molecule has 182 valence electrons. The third-order valence-electron chi connectivity index (χ3n) is 5.93. The van der Waals surface area contributed by atoms with Crippen LogP contribution in [0.4, 0.5) is 16.2 Å². The molecule has 0 unspecified atom stereocenters. The van der Waals surface area contributed by atoms with E-state index >= 15 is 0 Å². The summed E-state index contributed by atoms with van der Waals surface area (Å²) in [7, 11) is 0. The predicted octanol–water partition coefficient (Wildman–Crippen LogP) is 5.18. The highest BCUT2D eigenvalue weighted by Crippen LogP contribution is 2.41. The summed E-state index contributed by atoms with van der Waals surface area (Å²) in [4.78, 5) is 28.0. The van der Waals surface area contributed by atoms with Crippen LogP contribution >= 0.6 is 15.9 Å². The number of hydrogen-bond donors (Lipinski definition) is 3. The van der Waals surface area contributed by atoms with Gasteiger partial charge in [0.25, 0.3) is 11.6 Å². The zero-order valence-electron chi connectivity index (χ0n) is 19.6. The van der Waals surface area contributed by atoms with Gasteiger partial charge in [0, 0.05) is 21.8 Å². The molecule has 3 aromatic carbocycles. The van der Waals surface area contributed by atoms with Crippen LogP contribution in [0.3, 0.4) is 0 Å². The Hall–Kier alpha value is -3.36. The molecule has 0 spiro atoms. The topological polar surface area (TPSA) is 90.9 Å². The van der Waals surface area contributed by atoms with E-state index in [1.165, 1.54) is 0 Å². The van der Waals surface area contributed by atoms with Crippen LogP contribution in [0.25, 0.3) is 0 Å². The summed E-state index contributed by atoms with van der Waals surface area (Å²) in [6.45, 7) is 4.26. The van der Waals surface area contributed by atoms with Crippen molar-refractivity contribution in [3.8, 4) is 5.75 Å². The third kappa shape index (κ3) is 5.18. The van der Waals surface area contributed by atoms with Crippen molar-refractivity contribution in [1.82, 2.24) is 5.32 Å². The van der Waals surface area contributed by atoms with E-state index in [2.05, 4.69) is 26.6 Å².